The molecule has 2 heterocycles. The molecule has 1 aliphatic rings. The van der Waals surface area contributed by atoms with E-state index in [-0.39, 0.29) is 30.5 Å². The summed E-state index contributed by atoms with van der Waals surface area (Å²) in [6.45, 7) is 9.09. The molecular weight excluding hydrogens is 430 g/mol. The van der Waals surface area contributed by atoms with E-state index in [9.17, 15) is 23.1 Å². The van der Waals surface area contributed by atoms with Crippen LogP contribution in [0.5, 0.6) is 0 Å². The summed E-state index contributed by atoms with van der Waals surface area (Å²) in [5.74, 6) is -1.15. The lowest BCUT2D eigenvalue weighted by molar-refractivity contribution is -0.143. The van der Waals surface area contributed by atoms with Crippen molar-refractivity contribution < 1.29 is 27.3 Å². The summed E-state index contributed by atoms with van der Waals surface area (Å²) in [7, 11) is -3.55. The molecule has 30 heavy (non-hydrogen) atoms. The number of aliphatic carboxylic acids is 1. The topological polar surface area (TPSA) is 117 Å². The molecule has 0 unspecified atom stereocenters. The number of rotatable bonds is 10. The zero-order valence-corrected chi connectivity index (χ0v) is 19.8. The predicted molar refractivity (Wildman–Crippen MR) is 114 cm³/mol. The lowest BCUT2D eigenvalue weighted by Crippen LogP contribution is -2.47. The monoisotopic (exact) mass is 461 g/mol. The predicted octanol–water partition coefficient (Wildman–Crippen LogP) is 2.77. The van der Waals surface area contributed by atoms with E-state index in [1.807, 2.05) is 6.92 Å². The summed E-state index contributed by atoms with van der Waals surface area (Å²) >= 11 is 1.25. The van der Waals surface area contributed by atoms with Crippen molar-refractivity contribution in [2.24, 2.45) is 11.3 Å². The summed E-state index contributed by atoms with van der Waals surface area (Å²) in [6.07, 6.45) is 2.57. The highest BCUT2D eigenvalue weighted by atomic mass is 32.2. The molecule has 170 valence electrons. The van der Waals surface area contributed by atoms with E-state index in [1.165, 1.54) is 16.2 Å². The van der Waals surface area contributed by atoms with Crippen molar-refractivity contribution in [2.45, 2.75) is 59.7 Å². The fourth-order valence-electron chi connectivity index (χ4n) is 3.35. The van der Waals surface area contributed by atoms with Crippen LogP contribution < -0.4 is 0 Å². The van der Waals surface area contributed by atoms with Crippen LogP contribution in [0.2, 0.25) is 0 Å². The number of hydrogen-bond donors (Lipinski definition) is 1. The van der Waals surface area contributed by atoms with Gasteiger partial charge in [0.25, 0.3) is 10.1 Å². The number of urea groups is 1. The molecule has 2 amide bonds. The second-order valence-electron chi connectivity index (χ2n) is 8.96. The number of aromatic nitrogens is 1. The van der Waals surface area contributed by atoms with Crippen molar-refractivity contribution in [3.63, 3.8) is 0 Å². The lowest BCUT2D eigenvalue weighted by atomic mass is 9.84. The molecule has 1 saturated heterocycles. The highest BCUT2D eigenvalue weighted by molar-refractivity contribution is 7.85. The van der Waals surface area contributed by atoms with Gasteiger partial charge in [0.05, 0.1) is 18.5 Å². The highest BCUT2D eigenvalue weighted by Gasteiger charge is 2.40. The van der Waals surface area contributed by atoms with Gasteiger partial charge in [-0.2, -0.15) is 8.42 Å². The summed E-state index contributed by atoms with van der Waals surface area (Å²) in [5.41, 5.74) is 0.719. The van der Waals surface area contributed by atoms with E-state index in [0.29, 0.717) is 23.8 Å². The Morgan fingerprint density at radius 1 is 1.37 bits per heavy atom. The van der Waals surface area contributed by atoms with Gasteiger partial charge in [-0.3, -0.25) is 4.18 Å². The molecule has 9 nitrogen and oxygen atoms in total. The van der Waals surface area contributed by atoms with Gasteiger partial charge in [0, 0.05) is 18.5 Å². The van der Waals surface area contributed by atoms with Crippen LogP contribution in [0.4, 0.5) is 4.79 Å². The van der Waals surface area contributed by atoms with Crippen LogP contribution in [0.25, 0.3) is 0 Å². The van der Waals surface area contributed by atoms with Crippen LogP contribution in [-0.4, -0.2) is 65.7 Å². The lowest BCUT2D eigenvalue weighted by Gasteiger charge is -2.31. The fraction of sp³-hybridized carbons (Fsp3) is 0.737. The number of carbonyl (C=O) groups excluding carboxylic acids is 1. The quantitative estimate of drug-likeness (QED) is 0.532. The Kier molecular flexibility index (Phi) is 7.86. The van der Waals surface area contributed by atoms with Crippen molar-refractivity contribution in [2.75, 3.05) is 19.3 Å². The van der Waals surface area contributed by atoms with E-state index in [1.54, 1.807) is 10.3 Å². The zero-order valence-electron chi connectivity index (χ0n) is 18.1. The Bertz CT molecular complexity index is 862. The molecule has 2 rings (SSSR count). The van der Waals surface area contributed by atoms with Crippen LogP contribution in [0.15, 0.2) is 5.38 Å². The van der Waals surface area contributed by atoms with Gasteiger partial charge < -0.3 is 14.9 Å². The highest BCUT2D eigenvalue weighted by Crippen LogP contribution is 2.28. The summed E-state index contributed by atoms with van der Waals surface area (Å²) in [5, 5.41) is 12.0. The van der Waals surface area contributed by atoms with Gasteiger partial charge >= 0.3 is 12.0 Å². The molecule has 0 radical (unpaired) electrons. The van der Waals surface area contributed by atoms with Gasteiger partial charge in [-0.25, -0.2) is 14.6 Å². The van der Waals surface area contributed by atoms with E-state index in [0.717, 1.165) is 19.1 Å². The fourth-order valence-corrected chi connectivity index (χ4v) is 4.45. The third-order valence-electron chi connectivity index (χ3n) is 4.95. The van der Waals surface area contributed by atoms with E-state index in [4.69, 9.17) is 4.18 Å². The number of amides is 2. The average molecular weight is 462 g/mol. The van der Waals surface area contributed by atoms with Crippen molar-refractivity contribution in [3.8, 4) is 0 Å². The first-order valence-corrected chi connectivity index (χ1v) is 12.5. The average Bonchev–Trinajstić information content (AvgIpc) is 3.19. The number of carboxylic acid groups (broad SMARTS) is 1. The third-order valence-corrected chi connectivity index (χ3v) is 6.37. The van der Waals surface area contributed by atoms with Crippen LogP contribution >= 0.6 is 11.3 Å². The molecule has 0 aromatic carbocycles. The largest absolute Gasteiger partial charge is 0.480 e. The minimum Gasteiger partial charge on any atom is -0.480 e. The van der Waals surface area contributed by atoms with Crippen LogP contribution in [-0.2, 0) is 32.2 Å². The maximum Gasteiger partial charge on any atom is 0.326 e. The summed E-state index contributed by atoms with van der Waals surface area (Å²) in [6, 6.07) is -1.18. The minimum absolute atomic E-state index is 0.0987. The Labute approximate surface area is 182 Å². The molecule has 11 heteroatoms. The molecule has 2 atom stereocenters. The van der Waals surface area contributed by atoms with E-state index >= 15 is 0 Å². The molecule has 0 spiro atoms. The minimum atomic E-state index is -3.55. The van der Waals surface area contributed by atoms with Crippen molar-refractivity contribution >= 4 is 33.5 Å². The normalized spacial score (nSPS) is 17.4. The molecule has 1 N–H and O–H groups in total. The van der Waals surface area contributed by atoms with Crippen molar-refractivity contribution in [1.29, 1.82) is 0 Å². The van der Waals surface area contributed by atoms with Gasteiger partial charge in [0.1, 0.15) is 17.7 Å². The number of hydrogen-bond acceptors (Lipinski definition) is 7. The molecule has 0 aliphatic carbocycles. The smallest absolute Gasteiger partial charge is 0.326 e. The van der Waals surface area contributed by atoms with Gasteiger partial charge in [-0.15, -0.1) is 11.3 Å². The van der Waals surface area contributed by atoms with Crippen LogP contribution in [0, 0.1) is 11.3 Å². The Morgan fingerprint density at radius 3 is 2.60 bits per heavy atom. The molecule has 0 saturated carbocycles. The van der Waals surface area contributed by atoms with Crippen LogP contribution in [0.1, 0.15) is 51.2 Å². The number of carbonyl (C=O) groups is 2. The summed E-state index contributed by atoms with van der Waals surface area (Å²) in [4.78, 5) is 32.1. The first-order valence-electron chi connectivity index (χ1n) is 9.83. The first-order chi connectivity index (χ1) is 13.8. The molecule has 1 aliphatic heterocycles. The molecular formula is C19H31N3O6S2. The third kappa shape index (κ3) is 7.21. The standard InChI is InChI=1S/C19H31N3O6S2/c1-13(6-7-19(2,3)4)16(17(23)24)22-9-8-21(18(22)25)10-14-12-29-15(20-14)11-28-30(5,26)27/h12-13,16H,6-11H2,1-5H3,(H,23,24)/t13-,16-/m0/s1. The Balaban J connectivity index is 2.00. The number of thiazole rings is 1. The van der Waals surface area contributed by atoms with E-state index < -0.39 is 22.1 Å². The second kappa shape index (κ2) is 9.61. The first kappa shape index (κ1) is 24.5. The molecule has 1 aromatic heterocycles. The number of nitrogens with zero attached hydrogens (tertiary/aromatic N) is 3. The van der Waals surface area contributed by atoms with Crippen LogP contribution in [0.3, 0.4) is 0 Å². The molecule has 1 fully saturated rings. The maximum atomic E-state index is 12.9. The zero-order chi connectivity index (χ0) is 22.7. The van der Waals surface area contributed by atoms with Gasteiger partial charge in [0.2, 0.25) is 0 Å². The summed E-state index contributed by atoms with van der Waals surface area (Å²) < 4.78 is 26.9. The SMILES string of the molecule is C[C@@H](CCC(C)(C)C)[C@@H](C(=O)O)N1CCN(Cc2csc(COS(C)(=O)=O)n2)C1=O. The maximum absolute atomic E-state index is 12.9. The Morgan fingerprint density at radius 2 is 2.03 bits per heavy atom. The van der Waals surface area contributed by atoms with Gasteiger partial charge in [-0.1, -0.05) is 27.7 Å². The van der Waals surface area contributed by atoms with Gasteiger partial charge in [-0.05, 0) is 24.2 Å². The van der Waals surface area contributed by atoms with Gasteiger partial charge in [0.15, 0.2) is 0 Å². The van der Waals surface area contributed by atoms with Crippen molar-refractivity contribution in [1.82, 2.24) is 14.8 Å². The van der Waals surface area contributed by atoms with Crippen molar-refractivity contribution in [3.05, 3.63) is 16.1 Å². The molecule has 0 bridgehead atoms. The van der Waals surface area contributed by atoms with E-state index in [2.05, 4.69) is 25.8 Å². The molecule has 1 aromatic rings. The second-order valence-corrected chi connectivity index (χ2v) is 11.5. The number of carboxylic acids is 1. The Hall–Kier alpha value is -1.72.